The summed E-state index contributed by atoms with van der Waals surface area (Å²) in [5.74, 6) is 2.25. The molecule has 2 amide bonds. The average Bonchev–Trinajstić information content (AvgIpc) is 3.63. The van der Waals surface area contributed by atoms with Crippen LogP contribution in [0.5, 0.6) is 11.5 Å². The van der Waals surface area contributed by atoms with Crippen molar-refractivity contribution in [2.45, 2.75) is 32.7 Å². The van der Waals surface area contributed by atoms with Gasteiger partial charge in [-0.1, -0.05) is 6.07 Å². The third-order valence-electron chi connectivity index (χ3n) is 6.49. The summed E-state index contributed by atoms with van der Waals surface area (Å²) in [5, 5.41) is 0. The van der Waals surface area contributed by atoms with E-state index < -0.39 is 5.82 Å². The van der Waals surface area contributed by atoms with Gasteiger partial charge < -0.3 is 23.7 Å². The molecule has 1 aliphatic carbocycles. The van der Waals surface area contributed by atoms with Crippen LogP contribution in [0, 0.1) is 18.7 Å². The van der Waals surface area contributed by atoms with Gasteiger partial charge in [-0.05, 0) is 86.2 Å². The minimum Gasteiger partial charge on any atom is -0.493 e. The molecule has 0 aliphatic heterocycles. The largest absolute Gasteiger partial charge is 0.493 e. The molecule has 0 atom stereocenters. The minimum absolute atomic E-state index is 0.0572. The number of halogens is 1. The standard InChI is InChI=1S/C29H33FN2O5/c1-20-4-12-25(37-20)18-31(15-14-21-7-13-26(35-2)27(16-21)36-3)28(33)19-32(17-22-5-6-22)29(34)23-8-10-24(30)11-9-23/h4,7-13,16,22H,5-6,14-15,17-19H2,1-3H3. The van der Waals surface area contributed by atoms with Gasteiger partial charge in [0.25, 0.3) is 5.91 Å². The summed E-state index contributed by atoms with van der Waals surface area (Å²) in [6, 6.07) is 14.9. The van der Waals surface area contributed by atoms with Crippen LogP contribution in [-0.2, 0) is 17.8 Å². The maximum atomic E-state index is 13.6. The second-order valence-electron chi connectivity index (χ2n) is 9.40. The fourth-order valence-electron chi connectivity index (χ4n) is 4.22. The van der Waals surface area contributed by atoms with Gasteiger partial charge in [-0.2, -0.15) is 0 Å². The fraction of sp³-hybridized carbons (Fsp3) is 0.379. The van der Waals surface area contributed by atoms with Crippen LogP contribution in [0.1, 0.15) is 40.3 Å². The molecule has 4 rings (SSSR count). The lowest BCUT2D eigenvalue weighted by atomic mass is 10.1. The van der Waals surface area contributed by atoms with E-state index in [2.05, 4.69) is 0 Å². The summed E-state index contributed by atoms with van der Waals surface area (Å²) in [7, 11) is 3.17. The summed E-state index contributed by atoms with van der Waals surface area (Å²) < 4.78 is 29.9. The summed E-state index contributed by atoms with van der Waals surface area (Å²) in [4.78, 5) is 30.1. The highest BCUT2D eigenvalue weighted by molar-refractivity contribution is 5.96. The number of methoxy groups -OCH3 is 2. The molecule has 0 unspecified atom stereocenters. The highest BCUT2D eigenvalue weighted by Crippen LogP contribution is 2.30. The summed E-state index contributed by atoms with van der Waals surface area (Å²) in [6.45, 7) is 3.03. The number of carbonyl (C=O) groups excluding carboxylic acids is 2. The lowest BCUT2D eigenvalue weighted by Crippen LogP contribution is -2.44. The third kappa shape index (κ3) is 7.12. The molecule has 0 radical (unpaired) electrons. The van der Waals surface area contributed by atoms with Gasteiger partial charge >= 0.3 is 0 Å². The first kappa shape index (κ1) is 26.3. The van der Waals surface area contributed by atoms with E-state index in [9.17, 15) is 14.0 Å². The monoisotopic (exact) mass is 508 g/mol. The van der Waals surface area contributed by atoms with Gasteiger partial charge in [-0.15, -0.1) is 0 Å². The van der Waals surface area contributed by atoms with Gasteiger partial charge in [0.15, 0.2) is 11.5 Å². The molecule has 3 aromatic rings. The summed E-state index contributed by atoms with van der Waals surface area (Å²) in [6.07, 6.45) is 2.66. The number of carbonyl (C=O) groups is 2. The highest BCUT2D eigenvalue weighted by Gasteiger charge is 2.30. The molecule has 1 aliphatic rings. The molecule has 1 saturated carbocycles. The van der Waals surface area contributed by atoms with Crippen molar-refractivity contribution in [3.05, 3.63) is 83.1 Å². The molecule has 8 heteroatoms. The van der Waals surface area contributed by atoms with Crippen molar-refractivity contribution in [3.63, 3.8) is 0 Å². The van der Waals surface area contributed by atoms with E-state index in [4.69, 9.17) is 13.9 Å². The van der Waals surface area contributed by atoms with E-state index in [0.29, 0.717) is 54.8 Å². The van der Waals surface area contributed by atoms with Crippen molar-refractivity contribution in [3.8, 4) is 11.5 Å². The van der Waals surface area contributed by atoms with Crippen molar-refractivity contribution in [1.82, 2.24) is 9.80 Å². The van der Waals surface area contributed by atoms with Crippen LogP contribution in [-0.4, -0.2) is 55.5 Å². The number of hydrogen-bond acceptors (Lipinski definition) is 5. The normalized spacial score (nSPS) is 12.8. The van der Waals surface area contributed by atoms with Crippen molar-refractivity contribution >= 4 is 11.8 Å². The SMILES string of the molecule is COc1ccc(CCN(Cc2ccc(C)o2)C(=O)CN(CC2CC2)C(=O)c2ccc(F)cc2)cc1OC. The number of aryl methyl sites for hydroxylation is 1. The number of amides is 2. The quantitative estimate of drug-likeness (QED) is 0.349. The maximum Gasteiger partial charge on any atom is 0.254 e. The molecule has 196 valence electrons. The molecular formula is C29H33FN2O5. The van der Waals surface area contributed by atoms with Gasteiger partial charge in [0.1, 0.15) is 23.9 Å². The van der Waals surface area contributed by atoms with Crippen LogP contribution in [0.15, 0.2) is 59.0 Å². The Bertz CT molecular complexity index is 1220. The Balaban J connectivity index is 1.50. The van der Waals surface area contributed by atoms with Crippen LogP contribution >= 0.6 is 0 Å². The Morgan fingerprint density at radius 3 is 2.32 bits per heavy atom. The lowest BCUT2D eigenvalue weighted by molar-refractivity contribution is -0.132. The second kappa shape index (κ2) is 12.0. The van der Waals surface area contributed by atoms with E-state index in [0.717, 1.165) is 24.2 Å². The Morgan fingerprint density at radius 1 is 0.973 bits per heavy atom. The molecule has 1 heterocycles. The maximum absolute atomic E-state index is 13.6. The first-order chi connectivity index (χ1) is 17.9. The number of ether oxygens (including phenoxy) is 2. The number of rotatable bonds is 12. The molecule has 0 saturated heterocycles. The summed E-state index contributed by atoms with van der Waals surface area (Å²) >= 11 is 0. The second-order valence-corrected chi connectivity index (χ2v) is 9.40. The predicted octanol–water partition coefficient (Wildman–Crippen LogP) is 4.87. The van der Waals surface area contributed by atoms with Gasteiger partial charge in [-0.3, -0.25) is 9.59 Å². The third-order valence-corrected chi connectivity index (χ3v) is 6.49. The molecule has 1 aromatic heterocycles. The topological polar surface area (TPSA) is 72.2 Å². The predicted molar refractivity (Wildman–Crippen MR) is 137 cm³/mol. The first-order valence-corrected chi connectivity index (χ1v) is 12.4. The van der Waals surface area contributed by atoms with Crippen molar-refractivity contribution in [2.24, 2.45) is 5.92 Å². The Morgan fingerprint density at radius 2 is 1.70 bits per heavy atom. The van der Waals surface area contributed by atoms with Crippen molar-refractivity contribution < 1.29 is 27.9 Å². The van der Waals surface area contributed by atoms with Crippen molar-refractivity contribution in [1.29, 1.82) is 0 Å². The van der Waals surface area contributed by atoms with E-state index in [1.165, 1.54) is 24.3 Å². The van der Waals surface area contributed by atoms with E-state index in [-0.39, 0.29) is 18.4 Å². The van der Waals surface area contributed by atoms with Crippen LogP contribution in [0.3, 0.4) is 0 Å². The molecule has 37 heavy (non-hydrogen) atoms. The fourth-order valence-corrected chi connectivity index (χ4v) is 4.22. The highest BCUT2D eigenvalue weighted by atomic mass is 19.1. The first-order valence-electron chi connectivity index (χ1n) is 12.4. The molecule has 7 nitrogen and oxygen atoms in total. The van der Waals surface area contributed by atoms with E-state index >= 15 is 0 Å². The lowest BCUT2D eigenvalue weighted by Gasteiger charge is -2.27. The molecule has 0 N–H and O–H groups in total. The van der Waals surface area contributed by atoms with Crippen LogP contribution in [0.25, 0.3) is 0 Å². The summed E-state index contributed by atoms with van der Waals surface area (Å²) in [5.41, 5.74) is 1.36. The molecule has 1 fully saturated rings. The van der Waals surface area contributed by atoms with E-state index in [1.807, 2.05) is 37.3 Å². The van der Waals surface area contributed by atoms with Gasteiger partial charge in [0, 0.05) is 18.7 Å². The number of furan rings is 1. The Hall–Kier alpha value is -3.81. The van der Waals surface area contributed by atoms with Crippen LogP contribution in [0.4, 0.5) is 4.39 Å². The van der Waals surface area contributed by atoms with Crippen molar-refractivity contribution in [2.75, 3.05) is 33.9 Å². The van der Waals surface area contributed by atoms with Gasteiger partial charge in [0.2, 0.25) is 5.91 Å². The number of benzene rings is 2. The number of hydrogen-bond donors (Lipinski definition) is 0. The smallest absolute Gasteiger partial charge is 0.254 e. The zero-order valence-electron chi connectivity index (χ0n) is 21.5. The zero-order valence-corrected chi connectivity index (χ0v) is 21.5. The number of nitrogens with zero attached hydrogens (tertiary/aromatic N) is 2. The molecular weight excluding hydrogens is 475 g/mol. The van der Waals surface area contributed by atoms with Crippen LogP contribution < -0.4 is 9.47 Å². The zero-order chi connectivity index (χ0) is 26.4. The minimum atomic E-state index is -0.406. The molecule has 0 bridgehead atoms. The van der Waals surface area contributed by atoms with E-state index in [1.54, 1.807) is 24.0 Å². The van der Waals surface area contributed by atoms with Gasteiger partial charge in [-0.25, -0.2) is 4.39 Å². The Labute approximate surface area is 216 Å². The molecule has 0 spiro atoms. The Kier molecular flexibility index (Phi) is 8.48. The molecule has 2 aromatic carbocycles. The average molecular weight is 509 g/mol. The van der Waals surface area contributed by atoms with Crippen LogP contribution in [0.2, 0.25) is 0 Å². The van der Waals surface area contributed by atoms with Gasteiger partial charge in [0.05, 0.1) is 20.8 Å².